The molecule has 78 valence electrons. The summed E-state index contributed by atoms with van der Waals surface area (Å²) in [7, 11) is 1.68. The molecular weight excluding hydrogens is 246 g/mol. The number of piperidine rings is 1. The van der Waals surface area contributed by atoms with Gasteiger partial charge >= 0.3 is 0 Å². The minimum Gasteiger partial charge on any atom is -0.377 e. The Bertz CT molecular complexity index is 282. The fourth-order valence-corrected chi connectivity index (χ4v) is 1.83. The molecule has 1 heterocycles. The molecule has 1 amide bonds. The van der Waals surface area contributed by atoms with Gasteiger partial charge in [-0.1, -0.05) is 0 Å². The third-order valence-electron chi connectivity index (χ3n) is 2.59. The molecule has 0 radical (unpaired) electrons. The van der Waals surface area contributed by atoms with Crippen LogP contribution < -0.4 is 0 Å². The van der Waals surface area contributed by atoms with Crippen molar-refractivity contribution in [3.8, 4) is 10.8 Å². The molecule has 0 aromatic heterocycles. The zero-order chi connectivity index (χ0) is 10.6. The summed E-state index contributed by atoms with van der Waals surface area (Å²) in [5.74, 6) is 2.34. The number of hydrogen-bond donors (Lipinski definition) is 0. The van der Waals surface area contributed by atoms with Crippen LogP contribution in [0.25, 0.3) is 0 Å². The van der Waals surface area contributed by atoms with Crippen molar-refractivity contribution in [2.24, 2.45) is 0 Å². The molecule has 1 saturated heterocycles. The fourth-order valence-electron chi connectivity index (χ4n) is 1.67. The molecule has 0 spiro atoms. The van der Waals surface area contributed by atoms with Gasteiger partial charge in [0.25, 0.3) is 5.91 Å². The van der Waals surface area contributed by atoms with Gasteiger partial charge in [-0.2, -0.15) is 0 Å². The first-order valence-electron chi connectivity index (χ1n) is 4.57. The Morgan fingerprint density at radius 3 is 2.93 bits per heavy atom. The summed E-state index contributed by atoms with van der Waals surface area (Å²) in [6, 6.07) is 0. The normalized spacial score (nSPS) is 26.6. The van der Waals surface area contributed by atoms with E-state index in [9.17, 15) is 4.79 Å². The van der Waals surface area contributed by atoms with Gasteiger partial charge in [0.2, 0.25) is 0 Å². The molecule has 0 N–H and O–H groups in total. The van der Waals surface area contributed by atoms with Crippen molar-refractivity contribution < 1.29 is 9.53 Å². The summed E-state index contributed by atoms with van der Waals surface area (Å²) < 4.78 is 5.38. The molecule has 4 heteroatoms. The van der Waals surface area contributed by atoms with Crippen LogP contribution in [0.3, 0.4) is 0 Å². The summed E-state index contributed by atoms with van der Waals surface area (Å²) in [5, 5.41) is 0. The lowest BCUT2D eigenvalue weighted by Gasteiger charge is -2.38. The Kier molecular flexibility index (Phi) is 3.97. The summed E-state index contributed by atoms with van der Waals surface area (Å²) in [5.41, 5.74) is -0.206. The lowest BCUT2D eigenvalue weighted by atomic mass is 9.95. The number of hydrogen-bond acceptors (Lipinski definition) is 2. The number of rotatable bonds is 1. The topological polar surface area (TPSA) is 29.5 Å². The van der Waals surface area contributed by atoms with E-state index in [1.807, 2.05) is 6.92 Å². The van der Waals surface area contributed by atoms with Gasteiger partial charge in [0, 0.05) is 35.5 Å². The zero-order valence-corrected chi connectivity index (χ0v) is 10.1. The Hall–Kier alpha value is -0.530. The average Bonchev–Trinajstić information content (AvgIpc) is 2.18. The molecule has 14 heavy (non-hydrogen) atoms. The molecule has 1 atom stereocenters. The number of amides is 1. The first-order valence-corrected chi connectivity index (χ1v) is 5.36. The second-order valence-electron chi connectivity index (χ2n) is 3.70. The van der Waals surface area contributed by atoms with Crippen molar-refractivity contribution in [1.82, 2.24) is 4.90 Å². The molecule has 1 fully saturated rings. The highest BCUT2D eigenvalue weighted by molar-refractivity contribution is 9.12. The zero-order valence-electron chi connectivity index (χ0n) is 8.47. The van der Waals surface area contributed by atoms with Crippen LogP contribution in [-0.2, 0) is 9.53 Å². The van der Waals surface area contributed by atoms with Crippen LogP contribution >= 0.6 is 15.9 Å². The highest BCUT2D eigenvalue weighted by Gasteiger charge is 2.32. The number of carbonyl (C=O) groups is 1. The van der Waals surface area contributed by atoms with Gasteiger partial charge in [0.05, 0.1) is 12.1 Å². The van der Waals surface area contributed by atoms with E-state index in [1.54, 1.807) is 12.0 Å². The third-order valence-corrected chi connectivity index (χ3v) is 2.79. The van der Waals surface area contributed by atoms with Crippen LogP contribution in [0.15, 0.2) is 0 Å². The van der Waals surface area contributed by atoms with Gasteiger partial charge in [-0.15, -0.1) is 0 Å². The molecule has 0 aromatic carbocycles. The van der Waals surface area contributed by atoms with E-state index in [4.69, 9.17) is 4.74 Å². The van der Waals surface area contributed by atoms with Crippen molar-refractivity contribution in [1.29, 1.82) is 0 Å². The molecular formula is C10H14BrNO2. The molecule has 0 bridgehead atoms. The molecule has 0 aliphatic carbocycles. The van der Waals surface area contributed by atoms with Crippen LogP contribution in [0.1, 0.15) is 19.8 Å². The van der Waals surface area contributed by atoms with Gasteiger partial charge in [-0.3, -0.25) is 4.79 Å². The van der Waals surface area contributed by atoms with Gasteiger partial charge in [-0.05, 0) is 24.6 Å². The standard InChI is InChI=1S/C10H14BrNO2/c1-10(14-2)5-3-7-12(8-10)9(13)4-6-11/h3,5,7-8H2,1-2H3. The SMILES string of the molecule is COC1(C)CCCN(C(=O)C#CBr)C1. The van der Waals surface area contributed by atoms with Crippen LogP contribution in [-0.4, -0.2) is 36.6 Å². The smallest absolute Gasteiger partial charge is 0.299 e. The van der Waals surface area contributed by atoms with E-state index >= 15 is 0 Å². The highest BCUT2D eigenvalue weighted by atomic mass is 79.9. The predicted octanol–water partition coefficient (Wildman–Crippen LogP) is 1.37. The maximum Gasteiger partial charge on any atom is 0.299 e. The van der Waals surface area contributed by atoms with E-state index in [2.05, 4.69) is 26.7 Å². The van der Waals surface area contributed by atoms with E-state index in [0.29, 0.717) is 6.54 Å². The van der Waals surface area contributed by atoms with Crippen LogP contribution in [0.5, 0.6) is 0 Å². The van der Waals surface area contributed by atoms with Crippen molar-refractivity contribution in [3.05, 3.63) is 0 Å². The number of ether oxygens (including phenoxy) is 1. The number of carbonyl (C=O) groups excluding carboxylic acids is 1. The van der Waals surface area contributed by atoms with Crippen molar-refractivity contribution in [2.45, 2.75) is 25.4 Å². The minimum atomic E-state index is -0.206. The van der Waals surface area contributed by atoms with Crippen LogP contribution in [0.2, 0.25) is 0 Å². The highest BCUT2D eigenvalue weighted by Crippen LogP contribution is 2.23. The summed E-state index contributed by atoms with van der Waals surface area (Å²) in [6.45, 7) is 3.43. The second-order valence-corrected chi connectivity index (χ2v) is 4.10. The van der Waals surface area contributed by atoms with E-state index in [1.165, 1.54) is 0 Å². The number of halogens is 1. The van der Waals surface area contributed by atoms with E-state index < -0.39 is 0 Å². The Morgan fingerprint density at radius 1 is 1.64 bits per heavy atom. The van der Waals surface area contributed by atoms with Crippen molar-refractivity contribution in [3.63, 3.8) is 0 Å². The van der Waals surface area contributed by atoms with E-state index in [0.717, 1.165) is 19.4 Å². The lowest BCUT2D eigenvalue weighted by Crippen LogP contribution is -2.49. The van der Waals surface area contributed by atoms with Crippen LogP contribution in [0.4, 0.5) is 0 Å². The lowest BCUT2D eigenvalue weighted by molar-refractivity contribution is -0.133. The van der Waals surface area contributed by atoms with Gasteiger partial charge in [0.15, 0.2) is 0 Å². The third kappa shape index (κ3) is 2.73. The molecule has 1 aliphatic heterocycles. The largest absolute Gasteiger partial charge is 0.377 e. The van der Waals surface area contributed by atoms with Crippen molar-refractivity contribution >= 4 is 21.8 Å². The van der Waals surface area contributed by atoms with Crippen molar-refractivity contribution in [2.75, 3.05) is 20.2 Å². The number of methoxy groups -OCH3 is 1. The molecule has 1 rings (SSSR count). The van der Waals surface area contributed by atoms with Gasteiger partial charge in [-0.25, -0.2) is 0 Å². The minimum absolute atomic E-state index is 0.134. The number of likely N-dealkylation sites (tertiary alicyclic amines) is 1. The van der Waals surface area contributed by atoms with E-state index in [-0.39, 0.29) is 11.5 Å². The fraction of sp³-hybridized carbons (Fsp3) is 0.700. The quantitative estimate of drug-likeness (QED) is 0.666. The molecule has 0 saturated carbocycles. The van der Waals surface area contributed by atoms with Gasteiger partial charge < -0.3 is 9.64 Å². The Balaban J connectivity index is 2.63. The maximum atomic E-state index is 11.5. The molecule has 1 unspecified atom stereocenters. The maximum absolute atomic E-state index is 11.5. The average molecular weight is 260 g/mol. The summed E-state index contributed by atoms with van der Waals surface area (Å²) in [4.78, 5) is 15.6. The van der Waals surface area contributed by atoms with Gasteiger partial charge in [0.1, 0.15) is 0 Å². The molecule has 1 aliphatic rings. The monoisotopic (exact) mass is 259 g/mol. The summed E-state index contributed by atoms with van der Waals surface area (Å²) in [6.07, 6.45) is 1.97. The first kappa shape index (κ1) is 11.5. The molecule has 3 nitrogen and oxygen atoms in total. The second kappa shape index (κ2) is 4.81. The first-order chi connectivity index (χ1) is 6.61. The number of nitrogens with zero attached hydrogens (tertiary/aromatic N) is 1. The summed E-state index contributed by atoms with van der Waals surface area (Å²) >= 11 is 2.92. The Morgan fingerprint density at radius 2 is 2.36 bits per heavy atom. The molecule has 0 aromatic rings. The predicted molar refractivity (Wildman–Crippen MR) is 57.9 cm³/mol. The van der Waals surface area contributed by atoms with Crippen LogP contribution in [0, 0.1) is 10.8 Å². The Labute approximate surface area is 92.9 Å².